The molecular formula is C23H14IrN-. The molecule has 0 saturated heterocycles. The van der Waals surface area contributed by atoms with Crippen LogP contribution in [0.25, 0.3) is 43.6 Å². The molecule has 0 bridgehead atoms. The van der Waals surface area contributed by atoms with E-state index < -0.39 is 0 Å². The van der Waals surface area contributed by atoms with Crippen molar-refractivity contribution in [3.8, 4) is 11.3 Å². The Hall–Kier alpha value is -2.54. The van der Waals surface area contributed by atoms with Crippen LogP contribution in [-0.4, -0.2) is 4.98 Å². The average molecular weight is 497 g/mol. The Labute approximate surface area is 159 Å². The summed E-state index contributed by atoms with van der Waals surface area (Å²) < 4.78 is 0. The zero-order valence-electron chi connectivity index (χ0n) is 13.4. The van der Waals surface area contributed by atoms with Crippen LogP contribution in [0.1, 0.15) is 0 Å². The molecule has 0 spiro atoms. The van der Waals surface area contributed by atoms with Gasteiger partial charge >= 0.3 is 0 Å². The Balaban J connectivity index is 0.00000157. The zero-order chi connectivity index (χ0) is 15.9. The summed E-state index contributed by atoms with van der Waals surface area (Å²) >= 11 is 0. The fourth-order valence-corrected chi connectivity index (χ4v) is 3.42. The summed E-state index contributed by atoms with van der Waals surface area (Å²) in [5, 5.41) is 7.34. The van der Waals surface area contributed by atoms with Crippen molar-refractivity contribution in [2.24, 2.45) is 0 Å². The van der Waals surface area contributed by atoms with Gasteiger partial charge in [-0.1, -0.05) is 66.0 Å². The fraction of sp³-hybridized carbons (Fsp3) is 0. The molecular weight excluding hydrogens is 482 g/mol. The van der Waals surface area contributed by atoms with Gasteiger partial charge in [-0.2, -0.15) is 0 Å². The maximum Gasteiger partial charge on any atom is 0.0167 e. The Morgan fingerprint density at radius 1 is 0.640 bits per heavy atom. The van der Waals surface area contributed by atoms with Crippen molar-refractivity contribution in [3.63, 3.8) is 0 Å². The maximum atomic E-state index is 4.66. The number of benzene rings is 4. The van der Waals surface area contributed by atoms with Gasteiger partial charge in [0.25, 0.3) is 0 Å². The Bertz CT molecular complexity index is 1210. The molecule has 25 heavy (non-hydrogen) atoms. The van der Waals surface area contributed by atoms with Crippen molar-refractivity contribution >= 4 is 32.3 Å². The van der Waals surface area contributed by atoms with E-state index in [-0.39, 0.29) is 20.1 Å². The minimum Gasteiger partial charge on any atom is -0.304 e. The van der Waals surface area contributed by atoms with Crippen molar-refractivity contribution in [1.82, 2.24) is 4.98 Å². The van der Waals surface area contributed by atoms with Gasteiger partial charge in [-0.05, 0) is 33.3 Å². The minimum absolute atomic E-state index is 0. The molecule has 0 saturated carbocycles. The third kappa shape index (κ3) is 2.64. The van der Waals surface area contributed by atoms with Gasteiger partial charge in [-0.25, -0.2) is 0 Å². The monoisotopic (exact) mass is 497 g/mol. The third-order valence-corrected chi connectivity index (χ3v) is 4.60. The third-order valence-electron chi connectivity index (χ3n) is 4.60. The van der Waals surface area contributed by atoms with Gasteiger partial charge in [0.05, 0.1) is 0 Å². The number of pyridine rings is 1. The predicted molar refractivity (Wildman–Crippen MR) is 101 cm³/mol. The molecule has 1 radical (unpaired) electrons. The van der Waals surface area contributed by atoms with Crippen LogP contribution < -0.4 is 0 Å². The van der Waals surface area contributed by atoms with Crippen LogP contribution >= 0.6 is 0 Å². The molecule has 0 N–H and O–H groups in total. The number of fused-ring (bicyclic) bond motifs is 4. The first-order valence-corrected chi connectivity index (χ1v) is 8.07. The van der Waals surface area contributed by atoms with Crippen LogP contribution in [0.4, 0.5) is 0 Å². The summed E-state index contributed by atoms with van der Waals surface area (Å²) in [4.78, 5) is 4.66. The van der Waals surface area contributed by atoms with E-state index in [1.165, 1.54) is 32.3 Å². The van der Waals surface area contributed by atoms with Crippen molar-refractivity contribution < 1.29 is 20.1 Å². The average Bonchev–Trinajstić information content (AvgIpc) is 2.67. The topological polar surface area (TPSA) is 12.9 Å². The Kier molecular flexibility index (Phi) is 4.09. The van der Waals surface area contributed by atoms with E-state index in [1.54, 1.807) is 0 Å². The number of rotatable bonds is 1. The fourth-order valence-electron chi connectivity index (χ4n) is 3.42. The molecule has 0 fully saturated rings. The van der Waals surface area contributed by atoms with Gasteiger partial charge in [-0.15, -0.1) is 29.1 Å². The first kappa shape index (κ1) is 16.0. The van der Waals surface area contributed by atoms with Crippen LogP contribution in [0, 0.1) is 6.07 Å². The zero-order valence-corrected chi connectivity index (χ0v) is 15.8. The van der Waals surface area contributed by atoms with Crippen molar-refractivity contribution in [2.75, 3.05) is 0 Å². The molecule has 5 aromatic rings. The van der Waals surface area contributed by atoms with Crippen LogP contribution in [0.3, 0.4) is 0 Å². The standard InChI is InChI=1S/C23H14N.Ir/c1-2-7-18-15-19(10-9-16(18)5-1)23-22-12-11-17-6-3-4-8-20(17)21(22)13-14-24-23;/h1-9,11-15H;/q-1;. The molecule has 1 heterocycles. The smallest absolute Gasteiger partial charge is 0.0167 e. The largest absolute Gasteiger partial charge is 0.304 e. The van der Waals surface area contributed by atoms with E-state index in [4.69, 9.17) is 0 Å². The second-order valence-corrected chi connectivity index (χ2v) is 6.02. The molecule has 0 amide bonds. The van der Waals surface area contributed by atoms with Crippen molar-refractivity contribution in [3.05, 3.63) is 91.1 Å². The molecule has 0 atom stereocenters. The molecule has 4 aromatic carbocycles. The first-order valence-electron chi connectivity index (χ1n) is 8.07. The summed E-state index contributed by atoms with van der Waals surface area (Å²) in [5.41, 5.74) is 2.03. The molecule has 5 rings (SSSR count). The van der Waals surface area contributed by atoms with E-state index in [9.17, 15) is 0 Å². The van der Waals surface area contributed by atoms with Crippen LogP contribution in [0.5, 0.6) is 0 Å². The molecule has 121 valence electrons. The summed E-state index contributed by atoms with van der Waals surface area (Å²) in [5.74, 6) is 0. The van der Waals surface area contributed by atoms with E-state index >= 15 is 0 Å². The van der Waals surface area contributed by atoms with E-state index in [0.717, 1.165) is 11.3 Å². The molecule has 1 aromatic heterocycles. The second-order valence-electron chi connectivity index (χ2n) is 6.02. The van der Waals surface area contributed by atoms with Gasteiger partial charge in [0, 0.05) is 26.3 Å². The van der Waals surface area contributed by atoms with E-state index in [1.807, 2.05) is 12.3 Å². The molecule has 0 aliphatic rings. The Morgan fingerprint density at radius 3 is 2.28 bits per heavy atom. The summed E-state index contributed by atoms with van der Waals surface area (Å²) in [6, 6.07) is 30.9. The summed E-state index contributed by atoms with van der Waals surface area (Å²) in [7, 11) is 0. The number of hydrogen-bond acceptors (Lipinski definition) is 1. The summed E-state index contributed by atoms with van der Waals surface area (Å²) in [6.07, 6.45) is 1.90. The van der Waals surface area contributed by atoms with Gasteiger partial charge in [-0.3, -0.25) is 0 Å². The van der Waals surface area contributed by atoms with Crippen molar-refractivity contribution in [1.29, 1.82) is 0 Å². The van der Waals surface area contributed by atoms with Crippen molar-refractivity contribution in [2.45, 2.75) is 0 Å². The molecule has 0 aliphatic carbocycles. The number of nitrogens with zero attached hydrogens (tertiary/aromatic N) is 1. The SMILES string of the molecule is [Ir].[c-]1cc2ccccc2cc1-c1nccc2c1ccc1ccccc12. The molecule has 0 aliphatic heterocycles. The normalized spacial score (nSPS) is 10.9. The van der Waals surface area contributed by atoms with Gasteiger partial charge in [0.15, 0.2) is 0 Å². The van der Waals surface area contributed by atoms with Crippen LogP contribution in [0.2, 0.25) is 0 Å². The molecule has 2 heteroatoms. The molecule has 0 unspecified atom stereocenters. The summed E-state index contributed by atoms with van der Waals surface area (Å²) in [6.45, 7) is 0. The number of hydrogen-bond donors (Lipinski definition) is 0. The van der Waals surface area contributed by atoms with Crippen LogP contribution in [-0.2, 0) is 20.1 Å². The Morgan fingerprint density at radius 2 is 1.40 bits per heavy atom. The van der Waals surface area contributed by atoms with Gasteiger partial charge < -0.3 is 4.98 Å². The van der Waals surface area contributed by atoms with E-state index in [2.05, 4.69) is 83.8 Å². The first-order chi connectivity index (χ1) is 11.9. The minimum atomic E-state index is 0. The molecule has 1 nitrogen and oxygen atoms in total. The van der Waals surface area contributed by atoms with Gasteiger partial charge in [0.2, 0.25) is 0 Å². The maximum absolute atomic E-state index is 4.66. The van der Waals surface area contributed by atoms with Crippen LogP contribution in [0.15, 0.2) is 85.1 Å². The quantitative estimate of drug-likeness (QED) is 0.205. The second kappa shape index (κ2) is 6.40. The van der Waals surface area contributed by atoms with E-state index in [0.29, 0.717) is 0 Å². The van der Waals surface area contributed by atoms with Gasteiger partial charge in [0.1, 0.15) is 0 Å². The number of aromatic nitrogens is 1. The predicted octanol–water partition coefficient (Wildman–Crippen LogP) is 6.01.